The molecule has 0 aliphatic carbocycles. The Morgan fingerprint density at radius 3 is 2.90 bits per heavy atom. The Morgan fingerprint density at radius 1 is 1.80 bits per heavy atom. The summed E-state index contributed by atoms with van der Waals surface area (Å²) < 4.78 is 0. The molecule has 4 radical (unpaired) electrons. The summed E-state index contributed by atoms with van der Waals surface area (Å²) in [6.45, 7) is 4.40. The van der Waals surface area contributed by atoms with E-state index in [1.165, 1.54) is 0 Å². The van der Waals surface area contributed by atoms with Crippen LogP contribution in [-0.4, -0.2) is 29.0 Å². The lowest BCUT2D eigenvalue weighted by Crippen LogP contribution is -2.33. The molecule has 1 aromatic heterocycles. The van der Waals surface area contributed by atoms with E-state index in [-0.39, 0.29) is 0 Å². The summed E-state index contributed by atoms with van der Waals surface area (Å²) in [5, 5.41) is 0.566. The average molecular weight is 166 g/mol. The minimum absolute atomic E-state index is 0.494. The van der Waals surface area contributed by atoms with E-state index >= 15 is 0 Å². The van der Waals surface area contributed by atoms with Gasteiger partial charge in [0.2, 0.25) is 0 Å². The summed E-state index contributed by atoms with van der Waals surface area (Å²) in [7, 11) is 3.10. The molecule has 0 amide bonds. The lowest BCUT2D eigenvalue weighted by Gasteiger charge is -2.08. The highest BCUT2D eigenvalue weighted by Crippen LogP contribution is 2.00. The summed E-state index contributed by atoms with van der Waals surface area (Å²) in [6, 6.07) is 0. The molecular weight excluding hydrogens is 156 g/mol. The molecule has 1 aromatic rings. The number of hydrogen-bond donors (Lipinski definition) is 1. The second-order valence-electron chi connectivity index (χ2n) is 2.34. The van der Waals surface area contributed by atoms with Crippen LogP contribution in [0.2, 0.25) is 11.7 Å². The lowest BCUT2D eigenvalue weighted by molar-refractivity contribution is 1.27. The summed E-state index contributed by atoms with van der Waals surface area (Å²) in [6.07, 6.45) is 3.68. The van der Waals surface area contributed by atoms with Gasteiger partial charge in [-0.1, -0.05) is 18.6 Å². The number of nitrogens with zero attached hydrogens (tertiary/aromatic N) is 1. The van der Waals surface area contributed by atoms with Crippen LogP contribution >= 0.6 is 0 Å². The van der Waals surface area contributed by atoms with Crippen molar-refractivity contribution in [2.24, 2.45) is 0 Å². The maximum absolute atomic E-state index is 4.20. The highest BCUT2D eigenvalue weighted by atomic mass is 28.3. The number of H-pyrrole nitrogens is 1. The Labute approximate surface area is 66.1 Å². The molecule has 0 aliphatic heterocycles. The van der Waals surface area contributed by atoms with E-state index < -0.39 is 8.80 Å². The van der Waals surface area contributed by atoms with Crippen LogP contribution in [0, 0.1) is 0 Å². The molecule has 0 aromatic carbocycles. The Bertz CT molecular complexity index is 184. The van der Waals surface area contributed by atoms with Crippen molar-refractivity contribution in [3.63, 3.8) is 0 Å². The maximum Gasteiger partial charge on any atom is 0.130 e. The van der Waals surface area contributed by atoms with E-state index in [1.54, 1.807) is 6.20 Å². The SMILES string of the molecule is CC([Si])[Si](C)c1ncc[nH]1. The van der Waals surface area contributed by atoms with Crippen molar-refractivity contribution >= 4 is 24.5 Å². The first-order valence-electron chi connectivity index (χ1n) is 3.26. The van der Waals surface area contributed by atoms with Crippen LogP contribution in [0.25, 0.3) is 0 Å². The molecule has 2 nitrogen and oxygen atoms in total. The predicted octanol–water partition coefficient (Wildman–Crippen LogP) is 0.257. The van der Waals surface area contributed by atoms with Gasteiger partial charge < -0.3 is 4.98 Å². The third-order valence-corrected chi connectivity index (χ3v) is 5.14. The van der Waals surface area contributed by atoms with Crippen LogP contribution in [0.15, 0.2) is 12.4 Å². The number of aromatic nitrogens is 2. The van der Waals surface area contributed by atoms with E-state index in [0.717, 1.165) is 5.45 Å². The van der Waals surface area contributed by atoms with E-state index in [4.69, 9.17) is 0 Å². The van der Waals surface area contributed by atoms with Gasteiger partial charge in [-0.2, -0.15) is 0 Å². The molecule has 1 heterocycles. The Hall–Kier alpha value is -0.356. The fraction of sp³-hybridized carbons (Fsp3) is 0.500. The summed E-state index contributed by atoms with van der Waals surface area (Å²) >= 11 is 0. The summed E-state index contributed by atoms with van der Waals surface area (Å²) in [5.74, 6) is 0. The van der Waals surface area contributed by atoms with Crippen LogP contribution in [0.3, 0.4) is 0 Å². The minimum atomic E-state index is -0.494. The Kier molecular flexibility index (Phi) is 2.45. The van der Waals surface area contributed by atoms with E-state index in [2.05, 4.69) is 33.7 Å². The van der Waals surface area contributed by atoms with E-state index in [0.29, 0.717) is 5.16 Å². The number of aromatic amines is 1. The van der Waals surface area contributed by atoms with Crippen molar-refractivity contribution in [1.82, 2.24) is 9.97 Å². The largest absolute Gasteiger partial charge is 0.353 e. The second-order valence-corrected chi connectivity index (χ2v) is 6.49. The van der Waals surface area contributed by atoms with Crippen LogP contribution in [-0.2, 0) is 0 Å². The van der Waals surface area contributed by atoms with Gasteiger partial charge in [0.15, 0.2) is 0 Å². The first kappa shape index (κ1) is 7.75. The normalized spacial score (nSPS) is 14.0. The topological polar surface area (TPSA) is 28.7 Å². The van der Waals surface area contributed by atoms with Gasteiger partial charge in [-0.15, -0.1) is 0 Å². The van der Waals surface area contributed by atoms with Crippen molar-refractivity contribution in [2.75, 3.05) is 0 Å². The molecule has 4 heteroatoms. The van der Waals surface area contributed by atoms with Gasteiger partial charge in [0.25, 0.3) is 0 Å². The lowest BCUT2D eigenvalue weighted by atomic mass is 10.9. The minimum Gasteiger partial charge on any atom is -0.353 e. The third kappa shape index (κ3) is 1.57. The standard InChI is InChI=1S/C6H10N2Si2/c1-5(9)10(2)6-7-3-4-8-6/h3-5H,1-2H3,(H,7,8). The number of nitrogens with one attached hydrogen (secondary N) is 1. The van der Waals surface area contributed by atoms with Gasteiger partial charge in [-0.3, -0.25) is 0 Å². The van der Waals surface area contributed by atoms with Gasteiger partial charge in [-0.05, 0) is 0 Å². The fourth-order valence-corrected chi connectivity index (χ4v) is 2.10. The molecular formula is C6H10N2Si2. The van der Waals surface area contributed by atoms with Crippen LogP contribution in [0.4, 0.5) is 0 Å². The zero-order valence-electron chi connectivity index (χ0n) is 6.18. The van der Waals surface area contributed by atoms with Gasteiger partial charge in [-0.25, -0.2) is 4.98 Å². The zero-order valence-corrected chi connectivity index (χ0v) is 8.18. The first-order valence-corrected chi connectivity index (χ1v) is 5.91. The van der Waals surface area contributed by atoms with Crippen molar-refractivity contribution in [3.05, 3.63) is 12.4 Å². The van der Waals surface area contributed by atoms with Crippen LogP contribution < -0.4 is 5.45 Å². The molecule has 10 heavy (non-hydrogen) atoms. The van der Waals surface area contributed by atoms with Gasteiger partial charge in [0, 0.05) is 22.6 Å². The smallest absolute Gasteiger partial charge is 0.130 e. The molecule has 0 spiro atoms. The molecule has 0 aliphatic rings. The second kappa shape index (κ2) is 3.16. The molecule has 0 saturated carbocycles. The number of rotatable bonds is 2. The van der Waals surface area contributed by atoms with Crippen LogP contribution in [0.1, 0.15) is 6.92 Å². The zero-order chi connectivity index (χ0) is 7.56. The monoisotopic (exact) mass is 166 g/mol. The molecule has 1 N–H and O–H groups in total. The summed E-state index contributed by atoms with van der Waals surface area (Å²) in [4.78, 5) is 7.32. The van der Waals surface area contributed by atoms with Crippen molar-refractivity contribution < 1.29 is 0 Å². The molecule has 1 rings (SSSR count). The van der Waals surface area contributed by atoms with Crippen molar-refractivity contribution in [3.8, 4) is 0 Å². The highest BCUT2D eigenvalue weighted by molar-refractivity contribution is 6.77. The van der Waals surface area contributed by atoms with E-state index in [1.807, 2.05) is 6.20 Å². The average Bonchev–Trinajstić information content (AvgIpc) is 2.36. The highest BCUT2D eigenvalue weighted by Gasteiger charge is 2.13. The van der Waals surface area contributed by atoms with E-state index in [9.17, 15) is 0 Å². The Balaban J connectivity index is 2.68. The van der Waals surface area contributed by atoms with Crippen LogP contribution in [0.5, 0.6) is 0 Å². The number of hydrogen-bond acceptors (Lipinski definition) is 1. The molecule has 52 valence electrons. The molecule has 1 atom stereocenters. The number of imidazole rings is 1. The molecule has 0 bridgehead atoms. The predicted molar refractivity (Wildman–Crippen MR) is 45.0 cm³/mol. The third-order valence-electron chi connectivity index (χ3n) is 1.52. The van der Waals surface area contributed by atoms with Crippen molar-refractivity contribution in [1.29, 1.82) is 0 Å². The quantitative estimate of drug-likeness (QED) is 0.627. The molecule has 0 saturated heterocycles. The Morgan fingerprint density at radius 2 is 2.50 bits per heavy atom. The molecule has 1 unspecified atom stereocenters. The molecule has 0 fully saturated rings. The van der Waals surface area contributed by atoms with Gasteiger partial charge >= 0.3 is 0 Å². The van der Waals surface area contributed by atoms with Gasteiger partial charge in [0.1, 0.15) is 8.80 Å². The van der Waals surface area contributed by atoms with Crippen molar-refractivity contribution in [2.45, 2.75) is 18.6 Å². The maximum atomic E-state index is 4.20. The van der Waals surface area contributed by atoms with Gasteiger partial charge in [0.05, 0.1) is 5.45 Å². The summed E-state index contributed by atoms with van der Waals surface area (Å²) in [5.41, 5.74) is 1.15. The fourth-order valence-electron chi connectivity index (χ4n) is 0.686. The first-order chi connectivity index (χ1) is 4.72.